The lowest BCUT2D eigenvalue weighted by Crippen LogP contribution is -2.15. The summed E-state index contributed by atoms with van der Waals surface area (Å²) in [6, 6.07) is 16.2. The van der Waals surface area contributed by atoms with Gasteiger partial charge in [0.05, 0.1) is 19.8 Å². The maximum atomic E-state index is 9.25. The lowest BCUT2D eigenvalue weighted by atomic mass is 9.94. The van der Waals surface area contributed by atoms with E-state index in [4.69, 9.17) is 30.5 Å². The third-order valence-corrected chi connectivity index (χ3v) is 7.14. The van der Waals surface area contributed by atoms with Crippen LogP contribution < -0.4 is 14.2 Å². The number of fused-ring (bicyclic) bond motifs is 1. The molecule has 2 aliphatic rings. The van der Waals surface area contributed by atoms with Gasteiger partial charge >= 0.3 is 0 Å². The molecule has 6 heteroatoms. The standard InChI is InChI=1S/C29H31ClO5/c1-18-11-25(35-24-8-10-32-17-24)12-19(2)29(18)20-3-6-27(30)22(13-20)16-33-23-4-5-26-21(7-9-31)15-34-28(26)14-23/h3-6,11-14,21,24,31H,7-10,15-17H2,1-2H3/t21-,24?/m1/s1. The molecule has 35 heavy (non-hydrogen) atoms. The van der Waals surface area contributed by atoms with Crippen LogP contribution in [-0.2, 0) is 11.3 Å². The van der Waals surface area contributed by atoms with Gasteiger partial charge in [0.2, 0.25) is 0 Å². The van der Waals surface area contributed by atoms with Crippen molar-refractivity contribution in [2.45, 2.75) is 45.3 Å². The van der Waals surface area contributed by atoms with Crippen molar-refractivity contribution in [3.63, 3.8) is 0 Å². The molecule has 5 nitrogen and oxygen atoms in total. The number of ether oxygens (including phenoxy) is 4. The number of hydrogen-bond donors (Lipinski definition) is 1. The Morgan fingerprint density at radius 1 is 1.00 bits per heavy atom. The summed E-state index contributed by atoms with van der Waals surface area (Å²) < 4.78 is 23.4. The Labute approximate surface area is 211 Å². The molecule has 2 aliphatic heterocycles. The van der Waals surface area contributed by atoms with Crippen LogP contribution in [0.1, 0.15) is 41.0 Å². The normalized spacial score (nSPS) is 18.9. The zero-order chi connectivity index (χ0) is 24.4. The molecule has 5 rings (SSSR count). The number of aliphatic hydroxyl groups excluding tert-OH is 1. The molecular weight excluding hydrogens is 464 g/mol. The van der Waals surface area contributed by atoms with Gasteiger partial charge in [-0.15, -0.1) is 0 Å². The van der Waals surface area contributed by atoms with Gasteiger partial charge in [-0.05, 0) is 72.9 Å². The molecule has 0 amide bonds. The molecule has 1 N–H and O–H groups in total. The maximum absolute atomic E-state index is 9.25. The first-order valence-corrected chi connectivity index (χ1v) is 12.5. The fourth-order valence-corrected chi connectivity index (χ4v) is 5.16. The van der Waals surface area contributed by atoms with E-state index < -0.39 is 0 Å². The minimum Gasteiger partial charge on any atom is -0.493 e. The molecule has 2 atom stereocenters. The summed E-state index contributed by atoms with van der Waals surface area (Å²) >= 11 is 6.54. The second-order valence-electron chi connectivity index (χ2n) is 9.35. The second-order valence-corrected chi connectivity index (χ2v) is 9.76. The van der Waals surface area contributed by atoms with Gasteiger partial charge in [-0.1, -0.05) is 23.7 Å². The number of halogens is 1. The molecule has 1 unspecified atom stereocenters. The van der Waals surface area contributed by atoms with Crippen LogP contribution in [0, 0.1) is 13.8 Å². The fraction of sp³-hybridized carbons (Fsp3) is 0.379. The highest BCUT2D eigenvalue weighted by atomic mass is 35.5. The quantitative estimate of drug-likeness (QED) is 0.402. The topological polar surface area (TPSA) is 57.2 Å². The summed E-state index contributed by atoms with van der Waals surface area (Å²) in [5, 5.41) is 9.92. The van der Waals surface area contributed by atoms with Crippen LogP contribution in [0.2, 0.25) is 5.02 Å². The number of hydrogen-bond acceptors (Lipinski definition) is 5. The van der Waals surface area contributed by atoms with E-state index in [1.54, 1.807) is 0 Å². The summed E-state index contributed by atoms with van der Waals surface area (Å²) in [5.74, 6) is 2.69. The average molecular weight is 495 g/mol. The van der Waals surface area contributed by atoms with Crippen molar-refractivity contribution in [1.29, 1.82) is 0 Å². The van der Waals surface area contributed by atoms with Gasteiger partial charge in [-0.2, -0.15) is 0 Å². The molecule has 1 saturated heterocycles. The van der Waals surface area contributed by atoms with Gasteiger partial charge in [0.15, 0.2) is 0 Å². The van der Waals surface area contributed by atoms with Gasteiger partial charge in [0.1, 0.15) is 30.0 Å². The monoisotopic (exact) mass is 494 g/mol. The Bertz CT molecular complexity index is 1180. The third-order valence-electron chi connectivity index (χ3n) is 6.77. The van der Waals surface area contributed by atoms with Gasteiger partial charge in [0.25, 0.3) is 0 Å². The van der Waals surface area contributed by atoms with Crippen molar-refractivity contribution in [2.75, 3.05) is 26.4 Å². The Hall–Kier alpha value is -2.73. The van der Waals surface area contributed by atoms with Crippen molar-refractivity contribution in [2.24, 2.45) is 0 Å². The smallest absolute Gasteiger partial charge is 0.126 e. The van der Waals surface area contributed by atoms with Crippen LogP contribution >= 0.6 is 11.6 Å². The molecule has 0 radical (unpaired) electrons. The third kappa shape index (κ3) is 5.27. The molecule has 0 saturated carbocycles. The van der Waals surface area contributed by atoms with Crippen LogP contribution in [0.4, 0.5) is 0 Å². The lowest BCUT2D eigenvalue weighted by molar-refractivity contribution is 0.141. The Kier molecular flexibility index (Phi) is 7.19. The summed E-state index contributed by atoms with van der Waals surface area (Å²) in [4.78, 5) is 0. The Balaban J connectivity index is 1.32. The molecule has 0 spiro atoms. The van der Waals surface area contributed by atoms with E-state index in [2.05, 4.69) is 38.1 Å². The SMILES string of the molecule is Cc1cc(OC2CCOC2)cc(C)c1-c1ccc(Cl)c(COc2ccc3c(c2)OC[C@H]3CCO)c1. The lowest BCUT2D eigenvalue weighted by Gasteiger charge is -2.17. The van der Waals surface area contributed by atoms with E-state index in [1.807, 2.05) is 24.3 Å². The van der Waals surface area contributed by atoms with Crippen molar-refractivity contribution >= 4 is 11.6 Å². The highest BCUT2D eigenvalue weighted by Gasteiger charge is 2.24. The Morgan fingerprint density at radius 2 is 1.83 bits per heavy atom. The first-order valence-electron chi connectivity index (χ1n) is 12.2. The predicted molar refractivity (Wildman–Crippen MR) is 137 cm³/mol. The van der Waals surface area contributed by atoms with E-state index in [9.17, 15) is 5.11 Å². The molecule has 184 valence electrons. The van der Waals surface area contributed by atoms with Crippen LogP contribution in [-0.4, -0.2) is 37.6 Å². The maximum Gasteiger partial charge on any atom is 0.126 e. The molecule has 0 aromatic heterocycles. The molecule has 2 heterocycles. The summed E-state index contributed by atoms with van der Waals surface area (Å²) in [6.07, 6.45) is 1.76. The van der Waals surface area contributed by atoms with Crippen molar-refractivity contribution in [3.05, 3.63) is 75.8 Å². The van der Waals surface area contributed by atoms with Gasteiger partial charge in [-0.3, -0.25) is 0 Å². The fourth-order valence-electron chi connectivity index (χ4n) is 4.99. The number of rotatable bonds is 8. The van der Waals surface area contributed by atoms with Gasteiger partial charge in [0, 0.05) is 41.2 Å². The molecular formula is C29H31ClO5. The highest BCUT2D eigenvalue weighted by molar-refractivity contribution is 6.31. The van der Waals surface area contributed by atoms with Crippen molar-refractivity contribution in [1.82, 2.24) is 0 Å². The van der Waals surface area contributed by atoms with Crippen molar-refractivity contribution in [3.8, 4) is 28.4 Å². The molecule has 3 aromatic rings. The van der Waals surface area contributed by atoms with Crippen LogP contribution in [0.15, 0.2) is 48.5 Å². The molecule has 1 fully saturated rings. The summed E-state index contributed by atoms with van der Waals surface area (Å²) in [7, 11) is 0. The van der Waals surface area contributed by atoms with Crippen LogP contribution in [0.25, 0.3) is 11.1 Å². The van der Waals surface area contributed by atoms with Crippen LogP contribution in [0.3, 0.4) is 0 Å². The second kappa shape index (κ2) is 10.5. The highest BCUT2D eigenvalue weighted by Crippen LogP contribution is 2.39. The number of aryl methyl sites for hydroxylation is 2. The van der Waals surface area contributed by atoms with Gasteiger partial charge in [-0.25, -0.2) is 0 Å². The summed E-state index contributed by atoms with van der Waals surface area (Å²) in [5.41, 5.74) is 6.64. The zero-order valence-electron chi connectivity index (χ0n) is 20.2. The Morgan fingerprint density at radius 3 is 2.57 bits per heavy atom. The van der Waals surface area contributed by atoms with E-state index in [1.165, 1.54) is 5.56 Å². The first-order chi connectivity index (χ1) is 17.0. The van der Waals surface area contributed by atoms with E-state index in [0.29, 0.717) is 31.3 Å². The van der Waals surface area contributed by atoms with Crippen molar-refractivity contribution < 1.29 is 24.1 Å². The first kappa shape index (κ1) is 24.0. The zero-order valence-corrected chi connectivity index (χ0v) is 20.9. The molecule has 0 bridgehead atoms. The van der Waals surface area contributed by atoms with E-state index in [-0.39, 0.29) is 18.6 Å². The van der Waals surface area contributed by atoms with E-state index >= 15 is 0 Å². The molecule has 0 aliphatic carbocycles. The molecule has 3 aromatic carbocycles. The average Bonchev–Trinajstić information content (AvgIpc) is 3.49. The predicted octanol–water partition coefficient (Wildman–Crippen LogP) is 6.23. The van der Waals surface area contributed by atoms with Crippen LogP contribution in [0.5, 0.6) is 17.2 Å². The number of aliphatic hydroxyl groups is 1. The number of benzene rings is 3. The van der Waals surface area contributed by atoms with Gasteiger partial charge < -0.3 is 24.1 Å². The van der Waals surface area contributed by atoms with E-state index in [0.717, 1.165) is 58.1 Å². The summed E-state index contributed by atoms with van der Waals surface area (Å²) in [6.45, 7) is 6.75. The minimum atomic E-state index is 0.129. The minimum absolute atomic E-state index is 0.129. The largest absolute Gasteiger partial charge is 0.493 e.